The van der Waals surface area contributed by atoms with Crippen LogP contribution in [0.5, 0.6) is 0 Å². The van der Waals surface area contributed by atoms with Crippen LogP contribution in [0.3, 0.4) is 0 Å². The average Bonchev–Trinajstić information content (AvgIpc) is 2.38. The normalized spacial score (nSPS) is 19.3. The molecular weight excluding hydrogens is 236 g/mol. The van der Waals surface area contributed by atoms with Gasteiger partial charge < -0.3 is 15.4 Å². The van der Waals surface area contributed by atoms with Gasteiger partial charge in [-0.05, 0) is 6.07 Å². The third-order valence-electron chi connectivity index (χ3n) is 2.71. The summed E-state index contributed by atoms with van der Waals surface area (Å²) in [6.45, 7) is 1.39. The molecule has 0 bridgehead atoms. The van der Waals surface area contributed by atoms with Crippen LogP contribution in [0.25, 0.3) is 0 Å². The molecule has 0 saturated carbocycles. The van der Waals surface area contributed by atoms with Crippen molar-refractivity contribution in [3.8, 4) is 6.07 Å². The minimum atomic E-state index is -0.515. The molecule has 2 N–H and O–H groups in total. The minimum Gasteiger partial charge on any atom is -0.398 e. The second kappa shape index (κ2) is 4.89. The molecule has 94 valence electrons. The van der Waals surface area contributed by atoms with E-state index < -0.39 is 11.0 Å². The van der Waals surface area contributed by atoms with E-state index in [-0.39, 0.29) is 5.69 Å². The molecule has 7 nitrogen and oxygen atoms in total. The first-order valence-electron chi connectivity index (χ1n) is 5.41. The number of hydrogen-bond donors (Lipinski definition) is 1. The van der Waals surface area contributed by atoms with Gasteiger partial charge in [-0.2, -0.15) is 5.26 Å². The van der Waals surface area contributed by atoms with Crippen LogP contribution in [0.1, 0.15) is 0 Å². The van der Waals surface area contributed by atoms with Crippen LogP contribution in [-0.4, -0.2) is 30.7 Å². The standard InChI is InChI=1S/C11H12N4O3/c12-6-11-7-14(1-2-18-11)9-3-8(13)4-10(5-9)15(16)17/h3-5,11H,1-2,7,13H2. The van der Waals surface area contributed by atoms with Crippen LogP contribution in [0.15, 0.2) is 18.2 Å². The highest BCUT2D eigenvalue weighted by Crippen LogP contribution is 2.26. The molecule has 1 aromatic rings. The number of nitrogens with zero attached hydrogens (tertiary/aromatic N) is 3. The second-order valence-corrected chi connectivity index (χ2v) is 3.97. The number of nitrogens with two attached hydrogens (primary N) is 1. The van der Waals surface area contributed by atoms with Gasteiger partial charge in [0, 0.05) is 30.1 Å². The molecule has 2 rings (SSSR count). The van der Waals surface area contributed by atoms with Crippen molar-refractivity contribution in [3.63, 3.8) is 0 Å². The fourth-order valence-electron chi connectivity index (χ4n) is 1.87. The summed E-state index contributed by atoms with van der Waals surface area (Å²) in [5.74, 6) is 0. The van der Waals surface area contributed by atoms with Crippen molar-refractivity contribution in [2.24, 2.45) is 0 Å². The maximum absolute atomic E-state index is 10.8. The van der Waals surface area contributed by atoms with E-state index in [1.54, 1.807) is 6.07 Å². The topological polar surface area (TPSA) is 105 Å². The molecule has 1 aromatic carbocycles. The molecule has 0 radical (unpaired) electrons. The number of anilines is 2. The first kappa shape index (κ1) is 12.1. The molecule has 1 aliphatic rings. The van der Waals surface area contributed by atoms with Crippen LogP contribution < -0.4 is 10.6 Å². The Morgan fingerprint density at radius 3 is 3.00 bits per heavy atom. The monoisotopic (exact) mass is 248 g/mol. The largest absolute Gasteiger partial charge is 0.398 e. The number of hydrogen-bond acceptors (Lipinski definition) is 6. The number of benzene rings is 1. The number of nitro groups is 1. The van der Waals surface area contributed by atoms with Crippen LogP contribution in [0.4, 0.5) is 17.1 Å². The Hall–Kier alpha value is -2.33. The second-order valence-electron chi connectivity index (χ2n) is 3.97. The van der Waals surface area contributed by atoms with E-state index >= 15 is 0 Å². The molecule has 0 aromatic heterocycles. The highest BCUT2D eigenvalue weighted by atomic mass is 16.6. The summed E-state index contributed by atoms with van der Waals surface area (Å²) >= 11 is 0. The third kappa shape index (κ3) is 2.49. The molecule has 1 atom stereocenters. The van der Waals surface area contributed by atoms with Gasteiger partial charge in [0.2, 0.25) is 0 Å². The lowest BCUT2D eigenvalue weighted by Gasteiger charge is -2.31. The highest BCUT2D eigenvalue weighted by Gasteiger charge is 2.21. The van der Waals surface area contributed by atoms with Gasteiger partial charge in [0.05, 0.1) is 24.1 Å². The molecule has 1 heterocycles. The molecule has 7 heteroatoms. The fraction of sp³-hybridized carbons (Fsp3) is 0.364. The zero-order valence-corrected chi connectivity index (χ0v) is 9.57. The molecule has 1 aliphatic heterocycles. The van der Waals surface area contributed by atoms with Gasteiger partial charge in [0.1, 0.15) is 0 Å². The SMILES string of the molecule is N#CC1CN(c2cc(N)cc([N+](=O)[O-])c2)CCO1. The summed E-state index contributed by atoms with van der Waals surface area (Å²) in [6.07, 6.45) is -0.515. The molecule has 0 amide bonds. The van der Waals surface area contributed by atoms with E-state index in [0.29, 0.717) is 31.1 Å². The van der Waals surface area contributed by atoms with Crippen molar-refractivity contribution in [1.82, 2.24) is 0 Å². The predicted molar refractivity (Wildman–Crippen MR) is 65.1 cm³/mol. The Morgan fingerprint density at radius 1 is 1.56 bits per heavy atom. The molecule has 0 aliphatic carbocycles. The minimum absolute atomic E-state index is 0.0509. The van der Waals surface area contributed by atoms with Gasteiger partial charge >= 0.3 is 0 Å². The lowest BCUT2D eigenvalue weighted by atomic mass is 10.2. The number of morpholine rings is 1. The van der Waals surface area contributed by atoms with Crippen molar-refractivity contribution >= 4 is 17.1 Å². The summed E-state index contributed by atoms with van der Waals surface area (Å²) in [5, 5.41) is 19.6. The lowest BCUT2D eigenvalue weighted by molar-refractivity contribution is -0.384. The molecule has 1 saturated heterocycles. The third-order valence-corrected chi connectivity index (χ3v) is 2.71. The van der Waals surface area contributed by atoms with E-state index in [0.717, 1.165) is 0 Å². The zero-order chi connectivity index (χ0) is 13.1. The Kier molecular flexibility index (Phi) is 3.30. The number of nitriles is 1. The summed E-state index contributed by atoms with van der Waals surface area (Å²) in [4.78, 5) is 12.1. The molecule has 0 spiro atoms. The maximum Gasteiger partial charge on any atom is 0.273 e. The Labute approximate surface area is 104 Å². The summed E-state index contributed by atoms with van der Waals surface area (Å²) in [7, 11) is 0. The van der Waals surface area contributed by atoms with Gasteiger partial charge in [0.25, 0.3) is 5.69 Å². The van der Waals surface area contributed by atoms with Gasteiger partial charge in [-0.25, -0.2) is 0 Å². The van der Waals surface area contributed by atoms with E-state index in [2.05, 4.69) is 0 Å². The number of nitro benzene ring substituents is 1. The number of non-ortho nitro benzene ring substituents is 1. The molecule has 18 heavy (non-hydrogen) atoms. The average molecular weight is 248 g/mol. The van der Waals surface area contributed by atoms with Crippen LogP contribution in [-0.2, 0) is 4.74 Å². The predicted octanol–water partition coefficient (Wildman–Crippen LogP) is 0.906. The lowest BCUT2D eigenvalue weighted by Crippen LogP contribution is -2.41. The first-order chi connectivity index (χ1) is 8.60. The van der Waals surface area contributed by atoms with E-state index in [1.165, 1.54) is 12.1 Å². The Bertz CT molecular complexity index is 512. The van der Waals surface area contributed by atoms with Crippen LogP contribution >= 0.6 is 0 Å². The quantitative estimate of drug-likeness (QED) is 0.473. The Balaban J connectivity index is 2.27. The van der Waals surface area contributed by atoms with Crippen molar-refractivity contribution in [3.05, 3.63) is 28.3 Å². The summed E-state index contributed by atoms with van der Waals surface area (Å²) in [6, 6.07) is 6.45. The van der Waals surface area contributed by atoms with Crippen molar-refractivity contribution in [2.45, 2.75) is 6.10 Å². The summed E-state index contributed by atoms with van der Waals surface area (Å²) in [5.41, 5.74) is 6.57. The molecular formula is C11H12N4O3. The fourth-order valence-corrected chi connectivity index (χ4v) is 1.87. The van der Waals surface area contributed by atoms with E-state index in [1.807, 2.05) is 11.0 Å². The van der Waals surface area contributed by atoms with Crippen molar-refractivity contribution in [2.75, 3.05) is 30.3 Å². The number of ether oxygens (including phenoxy) is 1. The van der Waals surface area contributed by atoms with Crippen LogP contribution in [0.2, 0.25) is 0 Å². The van der Waals surface area contributed by atoms with Gasteiger partial charge in [-0.1, -0.05) is 0 Å². The first-order valence-corrected chi connectivity index (χ1v) is 5.41. The maximum atomic E-state index is 10.8. The van der Waals surface area contributed by atoms with E-state index in [9.17, 15) is 10.1 Å². The van der Waals surface area contributed by atoms with Gasteiger partial charge in [-0.15, -0.1) is 0 Å². The van der Waals surface area contributed by atoms with E-state index in [4.69, 9.17) is 15.7 Å². The highest BCUT2D eigenvalue weighted by molar-refractivity contribution is 5.63. The van der Waals surface area contributed by atoms with Crippen molar-refractivity contribution < 1.29 is 9.66 Å². The zero-order valence-electron chi connectivity index (χ0n) is 9.57. The number of nitrogen functional groups attached to an aromatic ring is 1. The molecule has 1 unspecified atom stereocenters. The molecule has 1 fully saturated rings. The van der Waals surface area contributed by atoms with Gasteiger partial charge in [-0.3, -0.25) is 10.1 Å². The van der Waals surface area contributed by atoms with Crippen molar-refractivity contribution in [1.29, 1.82) is 5.26 Å². The summed E-state index contributed by atoms with van der Waals surface area (Å²) < 4.78 is 5.22. The smallest absolute Gasteiger partial charge is 0.273 e. The number of rotatable bonds is 2. The van der Waals surface area contributed by atoms with Gasteiger partial charge in [0.15, 0.2) is 6.10 Å². The Morgan fingerprint density at radius 2 is 2.33 bits per heavy atom. The van der Waals surface area contributed by atoms with Crippen LogP contribution in [0, 0.1) is 21.4 Å².